The molecule has 6 rings (SSSR count). The third-order valence-corrected chi connectivity index (χ3v) is 7.29. The van der Waals surface area contributed by atoms with Crippen LogP contribution >= 0.6 is 12.2 Å². The highest BCUT2D eigenvalue weighted by molar-refractivity contribution is 7.80. The molecule has 2 aromatic heterocycles. The molecule has 2 aliphatic heterocycles. The largest absolute Gasteiger partial charge is 0.418 e. The number of hydrogen-bond donors (Lipinski definition) is 2. The number of morpholine rings is 1. The monoisotopic (exact) mass is 582 g/mol. The molecule has 0 saturated carbocycles. The fourth-order valence-corrected chi connectivity index (χ4v) is 5.22. The molecule has 11 nitrogen and oxygen atoms in total. The molecule has 0 spiro atoms. The van der Waals surface area contributed by atoms with Gasteiger partial charge in [-0.15, -0.1) is 0 Å². The van der Waals surface area contributed by atoms with Gasteiger partial charge < -0.3 is 24.6 Å². The van der Waals surface area contributed by atoms with Crippen LogP contribution in [0.1, 0.15) is 18.2 Å². The number of rotatable bonds is 5. The Kier molecular flexibility index (Phi) is 8.15. The van der Waals surface area contributed by atoms with Crippen molar-refractivity contribution in [3.63, 3.8) is 0 Å². The number of thiocarbonyl (C=S) groups is 1. The molecule has 214 valence electrons. The number of nitrogens with zero attached hydrogens (tertiary/aromatic N) is 6. The van der Waals surface area contributed by atoms with Crippen LogP contribution in [0.2, 0.25) is 0 Å². The molecule has 2 N–H and O–H groups in total. The maximum atomic E-state index is 12.2. The first kappa shape index (κ1) is 27.5. The molecule has 1 amide bonds. The summed E-state index contributed by atoms with van der Waals surface area (Å²) in [6.45, 7) is 5.64. The summed E-state index contributed by atoms with van der Waals surface area (Å²) >= 11 is 5.30. The normalized spacial score (nSPS) is 16.4. The number of amides is 1. The van der Waals surface area contributed by atoms with Gasteiger partial charge in [0.05, 0.1) is 31.5 Å². The molecule has 42 heavy (non-hydrogen) atoms. The van der Waals surface area contributed by atoms with Gasteiger partial charge in [0.15, 0.2) is 10.9 Å². The van der Waals surface area contributed by atoms with E-state index in [0.29, 0.717) is 43.0 Å². The second-order valence-corrected chi connectivity index (χ2v) is 10.4. The van der Waals surface area contributed by atoms with Crippen LogP contribution in [-0.4, -0.2) is 63.5 Å². The molecule has 12 heteroatoms. The minimum Gasteiger partial charge on any atom is -0.410 e. The van der Waals surface area contributed by atoms with Crippen molar-refractivity contribution in [2.75, 3.05) is 41.4 Å². The van der Waals surface area contributed by atoms with Crippen LogP contribution in [0.5, 0.6) is 5.75 Å². The van der Waals surface area contributed by atoms with Crippen molar-refractivity contribution in [2.24, 2.45) is 0 Å². The molecule has 2 aromatic carbocycles. The minimum absolute atomic E-state index is 0.125. The van der Waals surface area contributed by atoms with Crippen LogP contribution in [0.25, 0.3) is 11.4 Å². The Balaban J connectivity index is 1.21. The van der Waals surface area contributed by atoms with Crippen LogP contribution in [0, 0.1) is 0 Å². The van der Waals surface area contributed by atoms with Crippen LogP contribution in [0.15, 0.2) is 73.1 Å². The van der Waals surface area contributed by atoms with E-state index in [-0.39, 0.29) is 11.2 Å². The van der Waals surface area contributed by atoms with Gasteiger partial charge in [-0.1, -0.05) is 18.2 Å². The Morgan fingerprint density at radius 2 is 1.81 bits per heavy atom. The lowest BCUT2D eigenvalue weighted by atomic mass is 10.0. The Hall–Kier alpha value is -4.68. The number of carbonyl (C=O) groups excluding carboxylic acids is 1. The summed E-state index contributed by atoms with van der Waals surface area (Å²) in [6.07, 6.45) is 3.64. The molecule has 4 heterocycles. The van der Waals surface area contributed by atoms with Gasteiger partial charge in [0.1, 0.15) is 11.6 Å². The Morgan fingerprint density at radius 1 is 1.02 bits per heavy atom. The van der Waals surface area contributed by atoms with Gasteiger partial charge in [-0.05, 0) is 68.0 Å². The number of benzene rings is 2. The third-order valence-electron chi connectivity index (χ3n) is 7.09. The molecule has 1 saturated heterocycles. The predicted octanol–water partition coefficient (Wildman–Crippen LogP) is 4.21. The van der Waals surface area contributed by atoms with Gasteiger partial charge in [-0.2, -0.15) is 0 Å². The number of anilines is 3. The number of fused-ring (bicyclic) bond motifs is 1. The first-order valence-corrected chi connectivity index (χ1v) is 14.2. The molecule has 1 atom stereocenters. The summed E-state index contributed by atoms with van der Waals surface area (Å²) in [4.78, 5) is 35.6. The van der Waals surface area contributed by atoms with E-state index < -0.39 is 6.09 Å². The van der Waals surface area contributed by atoms with Crippen molar-refractivity contribution >= 4 is 40.9 Å². The molecule has 1 fully saturated rings. The lowest BCUT2D eigenvalue weighted by molar-refractivity contribution is 0.0984. The summed E-state index contributed by atoms with van der Waals surface area (Å²) in [5.74, 6) is 2.72. The molecule has 0 aliphatic carbocycles. The second kappa shape index (κ2) is 12.5. The fraction of sp³-hybridized carbons (Fsp3) is 0.267. The highest BCUT2D eigenvalue weighted by Crippen LogP contribution is 2.32. The van der Waals surface area contributed by atoms with Gasteiger partial charge in [-0.3, -0.25) is 5.32 Å². The van der Waals surface area contributed by atoms with Crippen molar-refractivity contribution in [3.05, 3.63) is 84.3 Å². The van der Waals surface area contributed by atoms with E-state index in [2.05, 4.69) is 37.3 Å². The maximum absolute atomic E-state index is 12.2. The fourth-order valence-electron chi connectivity index (χ4n) is 5.02. The topological polar surface area (TPSA) is 118 Å². The molecule has 1 unspecified atom stereocenters. The first-order valence-electron chi connectivity index (χ1n) is 13.7. The number of carbonyl (C=O) groups is 1. The van der Waals surface area contributed by atoms with Gasteiger partial charge >= 0.3 is 6.09 Å². The van der Waals surface area contributed by atoms with Crippen LogP contribution in [0.3, 0.4) is 0 Å². The summed E-state index contributed by atoms with van der Waals surface area (Å²) in [7, 11) is 0. The predicted molar refractivity (Wildman–Crippen MR) is 164 cm³/mol. The van der Waals surface area contributed by atoms with Crippen molar-refractivity contribution in [1.82, 2.24) is 25.3 Å². The number of para-hydroxylation sites is 1. The van der Waals surface area contributed by atoms with E-state index in [1.54, 1.807) is 36.7 Å². The van der Waals surface area contributed by atoms with Gasteiger partial charge in [0, 0.05) is 42.3 Å². The van der Waals surface area contributed by atoms with Crippen LogP contribution < -0.4 is 25.2 Å². The van der Waals surface area contributed by atoms with Crippen molar-refractivity contribution < 1.29 is 14.3 Å². The summed E-state index contributed by atoms with van der Waals surface area (Å²) in [5, 5.41) is 5.67. The van der Waals surface area contributed by atoms with E-state index in [0.717, 1.165) is 42.1 Å². The lowest BCUT2D eigenvalue weighted by Gasteiger charge is -2.37. The summed E-state index contributed by atoms with van der Waals surface area (Å²) < 4.78 is 10.9. The summed E-state index contributed by atoms with van der Waals surface area (Å²) in [5.41, 5.74) is 3.70. The van der Waals surface area contributed by atoms with Crippen molar-refractivity contribution in [1.29, 1.82) is 0 Å². The molecule has 0 bridgehead atoms. The molecular formula is C30H30N8O3S. The minimum atomic E-state index is -0.669. The zero-order valence-electron chi connectivity index (χ0n) is 23.1. The summed E-state index contributed by atoms with van der Waals surface area (Å²) in [6, 6.07) is 18.4. The van der Waals surface area contributed by atoms with Gasteiger partial charge in [0.25, 0.3) is 0 Å². The Labute approximate surface area is 248 Å². The SMILES string of the molecule is CC1COCCN1c1nc(-c2ccc(NC(=S)NC(=O)Oc3ccccc3)cc2)nc2c1CCN(c1ncccn1)C2. The lowest BCUT2D eigenvalue weighted by Crippen LogP contribution is -2.45. The number of hydrogen-bond acceptors (Lipinski definition) is 10. The van der Waals surface area contributed by atoms with Gasteiger partial charge in [-0.25, -0.2) is 24.7 Å². The molecular weight excluding hydrogens is 552 g/mol. The maximum Gasteiger partial charge on any atom is 0.418 e. The van der Waals surface area contributed by atoms with E-state index >= 15 is 0 Å². The average Bonchev–Trinajstić information content (AvgIpc) is 3.01. The van der Waals surface area contributed by atoms with Crippen LogP contribution in [-0.2, 0) is 17.7 Å². The Bertz CT molecular complexity index is 1560. The molecule has 2 aliphatic rings. The molecule has 4 aromatic rings. The third kappa shape index (κ3) is 6.29. The van der Waals surface area contributed by atoms with Crippen molar-refractivity contribution in [3.8, 4) is 17.1 Å². The standard InChI is InChI=1S/C30H30N8O3S/c1-20-19-40-17-16-38(20)27-24-12-15-37(28-31-13-5-14-32-28)18-25(24)34-26(35-27)21-8-10-22(11-9-21)33-29(42)36-30(39)41-23-6-3-2-4-7-23/h2-11,13-14,20H,12,15-19H2,1H3,(H2,33,36,39,42). The average molecular weight is 583 g/mol. The number of aromatic nitrogens is 4. The van der Waals surface area contributed by atoms with Crippen molar-refractivity contribution in [2.45, 2.75) is 25.9 Å². The molecule has 0 radical (unpaired) electrons. The second-order valence-electron chi connectivity index (χ2n) is 9.99. The zero-order valence-corrected chi connectivity index (χ0v) is 23.9. The smallest absolute Gasteiger partial charge is 0.410 e. The highest BCUT2D eigenvalue weighted by Gasteiger charge is 2.29. The van der Waals surface area contributed by atoms with Gasteiger partial charge in [0.2, 0.25) is 5.95 Å². The quantitative estimate of drug-likeness (QED) is 0.330. The van der Waals surface area contributed by atoms with E-state index in [4.69, 9.17) is 31.7 Å². The number of ether oxygens (including phenoxy) is 2. The number of nitrogens with one attached hydrogen (secondary N) is 2. The van der Waals surface area contributed by atoms with E-state index in [9.17, 15) is 4.79 Å². The highest BCUT2D eigenvalue weighted by atomic mass is 32.1. The Morgan fingerprint density at radius 3 is 2.57 bits per heavy atom. The zero-order chi connectivity index (χ0) is 28.9. The van der Waals surface area contributed by atoms with Crippen LogP contribution in [0.4, 0.5) is 22.2 Å². The first-order chi connectivity index (χ1) is 20.5. The van der Waals surface area contributed by atoms with E-state index in [1.165, 1.54) is 0 Å². The van der Waals surface area contributed by atoms with E-state index in [1.807, 2.05) is 36.4 Å².